The molecule has 0 bridgehead atoms. The van der Waals surface area contributed by atoms with Crippen LogP contribution < -0.4 is 0 Å². The van der Waals surface area contributed by atoms with Crippen LogP contribution >= 0.6 is 11.6 Å². The van der Waals surface area contributed by atoms with Crippen LogP contribution in [0.15, 0.2) is 0 Å². The van der Waals surface area contributed by atoms with E-state index in [0.29, 0.717) is 5.41 Å². The normalized spacial score (nSPS) is 22.9. The molecule has 0 saturated heterocycles. The molecule has 0 spiro atoms. The second-order valence-corrected chi connectivity index (χ2v) is 11.0. The summed E-state index contributed by atoms with van der Waals surface area (Å²) >= 11 is 5.99. The van der Waals surface area contributed by atoms with E-state index < -0.39 is 8.07 Å². The molecule has 1 aliphatic rings. The minimum absolute atomic E-state index is 0.575. The van der Waals surface area contributed by atoms with Gasteiger partial charge in [-0.15, -0.1) is 11.6 Å². The predicted octanol–water partition coefficient (Wildman–Crippen LogP) is 3.73. The molecule has 1 fully saturated rings. The van der Waals surface area contributed by atoms with E-state index in [1.165, 1.54) is 25.3 Å². The molecule has 0 heterocycles. The Balaban J connectivity index is 2.45. The summed E-state index contributed by atoms with van der Waals surface area (Å²) < 4.78 is 0. The quantitative estimate of drug-likeness (QED) is 0.470. The molecule has 0 aromatic carbocycles. The van der Waals surface area contributed by atoms with Crippen LogP contribution in [0, 0.1) is 5.41 Å². The zero-order chi connectivity index (χ0) is 8.54. The molecule has 0 atom stereocenters. The lowest BCUT2D eigenvalue weighted by atomic mass is 9.72. The van der Waals surface area contributed by atoms with Crippen LogP contribution in [0.2, 0.25) is 25.7 Å². The van der Waals surface area contributed by atoms with E-state index in [0.717, 1.165) is 5.88 Å². The molecule has 0 unspecified atom stereocenters. The molecule has 0 aromatic heterocycles. The molecule has 0 aliphatic heterocycles. The maximum Gasteiger partial charge on any atom is 0.0448 e. The van der Waals surface area contributed by atoms with Crippen molar-refractivity contribution < 1.29 is 0 Å². The molecule has 0 radical (unpaired) electrons. The summed E-state index contributed by atoms with van der Waals surface area (Å²) in [6.45, 7) is 7.33. The lowest BCUT2D eigenvalue weighted by Crippen LogP contribution is -2.39. The largest absolute Gasteiger partial charge is 0.126 e. The van der Waals surface area contributed by atoms with Gasteiger partial charge in [-0.3, -0.25) is 0 Å². The zero-order valence-corrected chi connectivity index (χ0v) is 9.67. The SMILES string of the molecule is C[Si](C)(C)CC1(CCl)CCC1. The van der Waals surface area contributed by atoms with Gasteiger partial charge in [-0.2, -0.15) is 0 Å². The van der Waals surface area contributed by atoms with Crippen molar-refractivity contribution in [2.75, 3.05) is 5.88 Å². The minimum atomic E-state index is -0.868. The Morgan fingerprint density at radius 1 is 1.27 bits per heavy atom. The molecule has 0 amide bonds. The molecule has 1 rings (SSSR count). The van der Waals surface area contributed by atoms with E-state index in [9.17, 15) is 0 Å². The lowest BCUT2D eigenvalue weighted by Gasteiger charge is -2.44. The number of alkyl halides is 1. The van der Waals surface area contributed by atoms with Crippen LogP contribution in [0.3, 0.4) is 0 Å². The minimum Gasteiger partial charge on any atom is -0.126 e. The molecule has 1 saturated carbocycles. The van der Waals surface area contributed by atoms with Crippen LogP contribution in [0.4, 0.5) is 0 Å². The molecular weight excluding hydrogens is 172 g/mol. The van der Waals surface area contributed by atoms with E-state index in [1.807, 2.05) is 0 Å². The predicted molar refractivity (Wildman–Crippen MR) is 55.2 cm³/mol. The van der Waals surface area contributed by atoms with Crippen molar-refractivity contribution in [1.82, 2.24) is 0 Å². The third-order valence-electron chi connectivity index (χ3n) is 2.60. The van der Waals surface area contributed by atoms with E-state index >= 15 is 0 Å². The molecule has 0 N–H and O–H groups in total. The van der Waals surface area contributed by atoms with Crippen molar-refractivity contribution >= 4 is 19.7 Å². The van der Waals surface area contributed by atoms with Gasteiger partial charge in [0.2, 0.25) is 0 Å². The Kier molecular flexibility index (Phi) is 2.70. The Bertz CT molecular complexity index is 127. The van der Waals surface area contributed by atoms with Crippen LogP contribution in [0.5, 0.6) is 0 Å². The third kappa shape index (κ3) is 2.48. The van der Waals surface area contributed by atoms with E-state index in [4.69, 9.17) is 11.6 Å². The highest BCUT2D eigenvalue weighted by Crippen LogP contribution is 2.47. The van der Waals surface area contributed by atoms with Crippen molar-refractivity contribution in [3.05, 3.63) is 0 Å². The number of hydrogen-bond acceptors (Lipinski definition) is 0. The van der Waals surface area contributed by atoms with Crippen molar-refractivity contribution in [3.63, 3.8) is 0 Å². The van der Waals surface area contributed by atoms with Gasteiger partial charge in [0, 0.05) is 14.0 Å². The number of hydrogen-bond donors (Lipinski definition) is 0. The first-order valence-corrected chi connectivity index (χ1v) is 8.78. The summed E-state index contributed by atoms with van der Waals surface area (Å²) in [5.74, 6) is 0.900. The first-order valence-electron chi connectivity index (χ1n) is 4.54. The second kappa shape index (κ2) is 3.10. The Hall–Kier alpha value is 0.507. The summed E-state index contributed by atoms with van der Waals surface area (Å²) in [6, 6.07) is 1.43. The van der Waals surface area contributed by atoms with Crippen molar-refractivity contribution in [2.24, 2.45) is 5.41 Å². The molecule has 2 heteroatoms. The molecule has 0 nitrogen and oxygen atoms in total. The average Bonchev–Trinajstić information content (AvgIpc) is 1.77. The van der Waals surface area contributed by atoms with Crippen LogP contribution in [0.1, 0.15) is 19.3 Å². The fraction of sp³-hybridized carbons (Fsp3) is 1.00. The third-order valence-corrected chi connectivity index (χ3v) is 4.98. The van der Waals surface area contributed by atoms with Gasteiger partial charge in [0.05, 0.1) is 0 Å². The fourth-order valence-corrected chi connectivity index (χ4v) is 5.41. The smallest absolute Gasteiger partial charge is 0.0448 e. The van der Waals surface area contributed by atoms with Gasteiger partial charge in [0.15, 0.2) is 0 Å². The summed E-state index contributed by atoms with van der Waals surface area (Å²) in [4.78, 5) is 0. The second-order valence-electron chi connectivity index (χ2n) is 5.22. The lowest BCUT2D eigenvalue weighted by molar-refractivity contribution is 0.193. The number of rotatable bonds is 3. The summed E-state index contributed by atoms with van der Waals surface area (Å²) in [7, 11) is -0.868. The Labute approximate surface area is 76.3 Å². The molecule has 1 aliphatic carbocycles. The maximum absolute atomic E-state index is 5.99. The summed E-state index contributed by atoms with van der Waals surface area (Å²) in [6.07, 6.45) is 4.19. The van der Waals surface area contributed by atoms with Gasteiger partial charge in [-0.25, -0.2) is 0 Å². The summed E-state index contributed by atoms with van der Waals surface area (Å²) in [5, 5.41) is 0. The topological polar surface area (TPSA) is 0 Å². The molecular formula is C9H19ClSi. The fourth-order valence-electron chi connectivity index (χ4n) is 2.16. The van der Waals surface area contributed by atoms with E-state index in [-0.39, 0.29) is 0 Å². The van der Waals surface area contributed by atoms with Crippen molar-refractivity contribution in [1.29, 1.82) is 0 Å². The van der Waals surface area contributed by atoms with Gasteiger partial charge in [-0.05, 0) is 18.3 Å². The van der Waals surface area contributed by atoms with E-state index in [1.54, 1.807) is 0 Å². The highest BCUT2D eigenvalue weighted by Gasteiger charge is 2.39. The van der Waals surface area contributed by atoms with Gasteiger partial charge in [0.25, 0.3) is 0 Å². The number of halogens is 1. The zero-order valence-electron chi connectivity index (χ0n) is 7.91. The van der Waals surface area contributed by atoms with E-state index in [2.05, 4.69) is 19.6 Å². The molecule has 0 aromatic rings. The Morgan fingerprint density at radius 3 is 1.91 bits per heavy atom. The highest BCUT2D eigenvalue weighted by atomic mass is 35.5. The van der Waals surface area contributed by atoms with Crippen molar-refractivity contribution in [2.45, 2.75) is 44.9 Å². The van der Waals surface area contributed by atoms with Crippen LogP contribution in [-0.4, -0.2) is 14.0 Å². The van der Waals surface area contributed by atoms with Gasteiger partial charge in [-0.1, -0.05) is 32.1 Å². The maximum atomic E-state index is 5.99. The van der Waals surface area contributed by atoms with Crippen LogP contribution in [-0.2, 0) is 0 Å². The van der Waals surface area contributed by atoms with Gasteiger partial charge in [0.1, 0.15) is 0 Å². The molecule has 11 heavy (non-hydrogen) atoms. The van der Waals surface area contributed by atoms with Gasteiger partial charge < -0.3 is 0 Å². The Morgan fingerprint density at radius 2 is 1.82 bits per heavy atom. The first kappa shape index (κ1) is 9.59. The first-order chi connectivity index (χ1) is 4.97. The van der Waals surface area contributed by atoms with Gasteiger partial charge >= 0.3 is 0 Å². The standard InChI is InChI=1S/C9H19ClSi/c1-11(2,3)8-9(7-10)5-4-6-9/h4-8H2,1-3H3. The monoisotopic (exact) mass is 190 g/mol. The highest BCUT2D eigenvalue weighted by molar-refractivity contribution is 6.76. The average molecular weight is 191 g/mol. The van der Waals surface area contributed by atoms with Crippen LogP contribution in [0.25, 0.3) is 0 Å². The summed E-state index contributed by atoms with van der Waals surface area (Å²) in [5.41, 5.74) is 0.575. The van der Waals surface area contributed by atoms with Crippen molar-refractivity contribution in [3.8, 4) is 0 Å². The molecule has 66 valence electrons.